The minimum Gasteiger partial charge on any atom is -0.462 e. The van der Waals surface area contributed by atoms with Gasteiger partial charge in [0.1, 0.15) is 0 Å². The van der Waals surface area contributed by atoms with Gasteiger partial charge in [-0.25, -0.2) is 9.78 Å². The Kier molecular flexibility index (Phi) is 4.89. The van der Waals surface area contributed by atoms with E-state index in [4.69, 9.17) is 4.74 Å². The van der Waals surface area contributed by atoms with Crippen LogP contribution >= 0.6 is 0 Å². The molecule has 0 atom stereocenters. The summed E-state index contributed by atoms with van der Waals surface area (Å²) in [5.41, 5.74) is 0.283. The molecule has 4 heteroatoms. The summed E-state index contributed by atoms with van der Waals surface area (Å²) in [6.07, 6.45) is 3.05. The Balaban J connectivity index is 2.32. The van der Waals surface area contributed by atoms with E-state index in [1.807, 2.05) is 0 Å². The number of aromatic nitrogens is 1. The molecule has 0 unspecified atom stereocenters. The van der Waals surface area contributed by atoms with E-state index in [2.05, 4.69) is 18.8 Å². The third kappa shape index (κ3) is 4.38. The van der Waals surface area contributed by atoms with Gasteiger partial charge in [-0.2, -0.15) is 4.39 Å². The lowest BCUT2D eigenvalue weighted by atomic mass is 10.1. The van der Waals surface area contributed by atoms with Gasteiger partial charge in [0.25, 0.3) is 0 Å². The number of ether oxygens (including phenoxy) is 1. The van der Waals surface area contributed by atoms with Gasteiger partial charge in [0.2, 0.25) is 5.95 Å². The van der Waals surface area contributed by atoms with Crippen LogP contribution in [0.3, 0.4) is 0 Å². The zero-order valence-electron chi connectivity index (χ0n) is 9.57. The number of carbonyl (C=O) groups excluding carboxylic acids is 1. The van der Waals surface area contributed by atoms with Crippen LogP contribution in [0.4, 0.5) is 4.39 Å². The molecule has 0 N–H and O–H groups in total. The van der Waals surface area contributed by atoms with Gasteiger partial charge in [0, 0.05) is 6.20 Å². The third-order valence-corrected chi connectivity index (χ3v) is 2.12. The highest BCUT2D eigenvalue weighted by molar-refractivity contribution is 5.88. The van der Waals surface area contributed by atoms with Crippen molar-refractivity contribution < 1.29 is 13.9 Å². The van der Waals surface area contributed by atoms with Crippen LogP contribution in [0.2, 0.25) is 0 Å². The molecule has 0 bridgehead atoms. The van der Waals surface area contributed by atoms with Gasteiger partial charge in [-0.3, -0.25) is 0 Å². The number of pyridine rings is 1. The Morgan fingerprint density at radius 2 is 2.25 bits per heavy atom. The Hall–Kier alpha value is -1.45. The fourth-order valence-corrected chi connectivity index (χ4v) is 1.24. The molecule has 0 radical (unpaired) electrons. The highest BCUT2D eigenvalue weighted by Gasteiger charge is 2.07. The molecule has 3 nitrogen and oxygen atoms in total. The topological polar surface area (TPSA) is 39.2 Å². The molecule has 16 heavy (non-hydrogen) atoms. The molecule has 0 saturated heterocycles. The quantitative estimate of drug-likeness (QED) is 0.439. The zero-order chi connectivity index (χ0) is 12.0. The van der Waals surface area contributed by atoms with Crippen molar-refractivity contribution in [2.75, 3.05) is 6.61 Å². The molecular formula is C12H16FNO2. The van der Waals surface area contributed by atoms with Crippen molar-refractivity contribution in [1.29, 1.82) is 0 Å². The maximum Gasteiger partial charge on any atom is 0.339 e. The Labute approximate surface area is 94.6 Å². The van der Waals surface area contributed by atoms with E-state index in [1.165, 1.54) is 12.3 Å². The standard InChI is InChI=1S/C12H16FNO2/c1-9(2)4-3-7-16-12(15)10-5-6-11(13)14-8-10/h5-6,8-9H,3-4,7H2,1-2H3. The molecule has 0 aliphatic carbocycles. The van der Waals surface area contributed by atoms with Crippen LogP contribution in [0, 0.1) is 11.9 Å². The SMILES string of the molecule is CC(C)CCCOC(=O)c1ccc(F)nc1. The monoisotopic (exact) mass is 225 g/mol. The Morgan fingerprint density at radius 3 is 2.81 bits per heavy atom. The van der Waals surface area contributed by atoms with Gasteiger partial charge in [0.05, 0.1) is 12.2 Å². The van der Waals surface area contributed by atoms with E-state index in [9.17, 15) is 9.18 Å². The van der Waals surface area contributed by atoms with Gasteiger partial charge in [-0.15, -0.1) is 0 Å². The molecule has 1 aromatic heterocycles. The van der Waals surface area contributed by atoms with Crippen molar-refractivity contribution in [3.05, 3.63) is 29.8 Å². The van der Waals surface area contributed by atoms with Gasteiger partial charge in [-0.05, 0) is 30.9 Å². The maximum absolute atomic E-state index is 12.5. The molecule has 1 rings (SSSR count). The minimum atomic E-state index is -0.601. The summed E-state index contributed by atoms with van der Waals surface area (Å²) >= 11 is 0. The van der Waals surface area contributed by atoms with Crippen molar-refractivity contribution >= 4 is 5.97 Å². The highest BCUT2D eigenvalue weighted by atomic mass is 19.1. The van der Waals surface area contributed by atoms with Crippen LogP contribution in [0.25, 0.3) is 0 Å². The molecule has 1 aromatic rings. The number of hydrogen-bond donors (Lipinski definition) is 0. The van der Waals surface area contributed by atoms with E-state index in [0.717, 1.165) is 18.9 Å². The van der Waals surface area contributed by atoms with Crippen molar-refractivity contribution in [3.8, 4) is 0 Å². The van der Waals surface area contributed by atoms with Crippen LogP contribution in [-0.4, -0.2) is 17.6 Å². The van der Waals surface area contributed by atoms with Gasteiger partial charge < -0.3 is 4.74 Å². The van der Waals surface area contributed by atoms with Crippen LogP contribution in [0.5, 0.6) is 0 Å². The fraction of sp³-hybridized carbons (Fsp3) is 0.500. The second kappa shape index (κ2) is 6.20. The first kappa shape index (κ1) is 12.6. The summed E-state index contributed by atoms with van der Waals surface area (Å²) in [6, 6.07) is 2.51. The molecule has 0 saturated carbocycles. The summed E-state index contributed by atoms with van der Waals surface area (Å²) in [5, 5.41) is 0. The fourth-order valence-electron chi connectivity index (χ4n) is 1.24. The summed E-state index contributed by atoms with van der Waals surface area (Å²) in [7, 11) is 0. The maximum atomic E-state index is 12.5. The van der Waals surface area contributed by atoms with E-state index in [-0.39, 0.29) is 5.56 Å². The minimum absolute atomic E-state index is 0.283. The van der Waals surface area contributed by atoms with E-state index < -0.39 is 11.9 Å². The molecule has 0 aromatic carbocycles. The molecule has 88 valence electrons. The van der Waals surface area contributed by atoms with Crippen molar-refractivity contribution in [1.82, 2.24) is 4.98 Å². The van der Waals surface area contributed by atoms with Gasteiger partial charge >= 0.3 is 5.97 Å². The molecule has 1 heterocycles. The molecule has 0 amide bonds. The predicted molar refractivity (Wildman–Crippen MR) is 58.5 cm³/mol. The highest BCUT2D eigenvalue weighted by Crippen LogP contribution is 2.05. The number of rotatable bonds is 5. The van der Waals surface area contributed by atoms with Gasteiger partial charge in [-0.1, -0.05) is 13.8 Å². The summed E-state index contributed by atoms with van der Waals surface area (Å²) in [5.74, 6) is -0.446. The molecule has 0 spiro atoms. The summed E-state index contributed by atoms with van der Waals surface area (Å²) < 4.78 is 17.5. The molecule has 0 aliphatic rings. The second-order valence-corrected chi connectivity index (χ2v) is 4.04. The number of hydrogen-bond acceptors (Lipinski definition) is 3. The normalized spacial score (nSPS) is 10.5. The number of halogens is 1. The first-order valence-corrected chi connectivity index (χ1v) is 5.38. The summed E-state index contributed by atoms with van der Waals surface area (Å²) in [6.45, 7) is 4.63. The van der Waals surface area contributed by atoms with E-state index >= 15 is 0 Å². The lowest BCUT2D eigenvalue weighted by molar-refractivity contribution is 0.0494. The van der Waals surface area contributed by atoms with Crippen LogP contribution < -0.4 is 0 Å². The third-order valence-electron chi connectivity index (χ3n) is 2.12. The van der Waals surface area contributed by atoms with Crippen molar-refractivity contribution in [3.63, 3.8) is 0 Å². The van der Waals surface area contributed by atoms with Crippen LogP contribution in [0.15, 0.2) is 18.3 Å². The number of esters is 1. The van der Waals surface area contributed by atoms with E-state index in [0.29, 0.717) is 12.5 Å². The molecule has 0 fully saturated rings. The second-order valence-electron chi connectivity index (χ2n) is 4.04. The van der Waals surface area contributed by atoms with Crippen LogP contribution in [-0.2, 0) is 4.74 Å². The zero-order valence-corrected chi connectivity index (χ0v) is 9.57. The average Bonchev–Trinajstić information content (AvgIpc) is 2.25. The summed E-state index contributed by atoms with van der Waals surface area (Å²) in [4.78, 5) is 14.8. The lowest BCUT2D eigenvalue weighted by Crippen LogP contribution is -2.07. The smallest absolute Gasteiger partial charge is 0.339 e. The molecular weight excluding hydrogens is 209 g/mol. The Bertz CT molecular complexity index is 335. The average molecular weight is 225 g/mol. The Morgan fingerprint density at radius 1 is 1.50 bits per heavy atom. The predicted octanol–water partition coefficient (Wildman–Crippen LogP) is 2.81. The number of carbonyl (C=O) groups is 1. The molecule has 0 aliphatic heterocycles. The number of nitrogens with zero attached hydrogens (tertiary/aromatic N) is 1. The van der Waals surface area contributed by atoms with Gasteiger partial charge in [0.15, 0.2) is 0 Å². The lowest BCUT2D eigenvalue weighted by Gasteiger charge is -2.06. The first-order valence-electron chi connectivity index (χ1n) is 5.38. The first-order chi connectivity index (χ1) is 7.59. The van der Waals surface area contributed by atoms with Crippen molar-refractivity contribution in [2.24, 2.45) is 5.92 Å². The van der Waals surface area contributed by atoms with Crippen molar-refractivity contribution in [2.45, 2.75) is 26.7 Å². The largest absolute Gasteiger partial charge is 0.462 e. The van der Waals surface area contributed by atoms with E-state index in [1.54, 1.807) is 0 Å². The van der Waals surface area contributed by atoms with Crippen LogP contribution in [0.1, 0.15) is 37.0 Å².